The van der Waals surface area contributed by atoms with E-state index in [0.29, 0.717) is 12.1 Å². The van der Waals surface area contributed by atoms with Gasteiger partial charge in [0.05, 0.1) is 5.56 Å². The fraction of sp³-hybridized carbons (Fsp3) is 0.562. The van der Waals surface area contributed by atoms with Gasteiger partial charge in [-0.25, -0.2) is 0 Å². The Bertz CT molecular complexity index is 432. The van der Waals surface area contributed by atoms with Crippen LogP contribution in [0.3, 0.4) is 0 Å². The fourth-order valence-corrected chi connectivity index (χ4v) is 2.51. The number of hydrogen-bond acceptors (Lipinski definition) is 2. The Kier molecular flexibility index (Phi) is 7.95. The second-order valence-corrected chi connectivity index (χ2v) is 6.76. The first-order chi connectivity index (χ1) is 9.50. The van der Waals surface area contributed by atoms with Crippen LogP contribution in [0.25, 0.3) is 0 Å². The first-order valence-corrected chi connectivity index (χ1v) is 8.35. The molecular formula is C16H24INO2. The Balaban J connectivity index is 2.22. The van der Waals surface area contributed by atoms with Gasteiger partial charge in [-0.2, -0.15) is 0 Å². The van der Waals surface area contributed by atoms with Crippen molar-refractivity contribution in [3.8, 4) is 5.75 Å². The second-order valence-electron chi connectivity index (χ2n) is 5.51. The van der Waals surface area contributed by atoms with Gasteiger partial charge in [-0.1, -0.05) is 39.5 Å². The molecular weight excluding hydrogens is 365 g/mol. The molecule has 0 heterocycles. The SMILES string of the molecule is CC(C)CCCCCCNC(=O)c1cc(I)ccc1O. The number of aromatic hydroxyl groups is 1. The van der Waals surface area contributed by atoms with Crippen LogP contribution in [0.2, 0.25) is 0 Å². The van der Waals surface area contributed by atoms with Gasteiger partial charge in [0.1, 0.15) is 5.75 Å². The van der Waals surface area contributed by atoms with E-state index in [4.69, 9.17) is 0 Å². The lowest BCUT2D eigenvalue weighted by Crippen LogP contribution is -2.24. The van der Waals surface area contributed by atoms with Crippen LogP contribution in [-0.4, -0.2) is 17.6 Å². The molecule has 0 bridgehead atoms. The summed E-state index contributed by atoms with van der Waals surface area (Å²) in [6, 6.07) is 5.04. The van der Waals surface area contributed by atoms with E-state index in [1.807, 2.05) is 0 Å². The summed E-state index contributed by atoms with van der Waals surface area (Å²) in [6.07, 6.45) is 5.91. The van der Waals surface area contributed by atoms with E-state index < -0.39 is 0 Å². The number of amides is 1. The van der Waals surface area contributed by atoms with Crippen LogP contribution < -0.4 is 5.32 Å². The summed E-state index contributed by atoms with van der Waals surface area (Å²) in [6.45, 7) is 5.16. The minimum absolute atomic E-state index is 0.0415. The zero-order chi connectivity index (χ0) is 15.0. The molecule has 0 spiro atoms. The van der Waals surface area contributed by atoms with E-state index in [1.54, 1.807) is 18.2 Å². The Morgan fingerprint density at radius 3 is 2.65 bits per heavy atom. The van der Waals surface area contributed by atoms with E-state index in [1.165, 1.54) is 19.3 Å². The number of phenolic OH excluding ortho intramolecular Hbond substituents is 1. The van der Waals surface area contributed by atoms with Crippen LogP contribution in [0.15, 0.2) is 18.2 Å². The molecule has 0 aliphatic rings. The first kappa shape index (κ1) is 17.3. The molecule has 20 heavy (non-hydrogen) atoms. The lowest BCUT2D eigenvalue weighted by molar-refractivity contribution is 0.0950. The van der Waals surface area contributed by atoms with E-state index in [-0.39, 0.29) is 11.7 Å². The summed E-state index contributed by atoms with van der Waals surface area (Å²) in [4.78, 5) is 11.9. The molecule has 0 aromatic heterocycles. The maximum Gasteiger partial charge on any atom is 0.255 e. The molecule has 0 saturated heterocycles. The smallest absolute Gasteiger partial charge is 0.255 e. The van der Waals surface area contributed by atoms with Gasteiger partial charge in [0.15, 0.2) is 0 Å². The lowest BCUT2D eigenvalue weighted by atomic mass is 10.0. The molecule has 2 N–H and O–H groups in total. The molecule has 3 nitrogen and oxygen atoms in total. The molecule has 0 fully saturated rings. The van der Waals surface area contributed by atoms with E-state index in [2.05, 4.69) is 41.8 Å². The largest absolute Gasteiger partial charge is 0.507 e. The van der Waals surface area contributed by atoms with Crippen LogP contribution in [0.5, 0.6) is 5.75 Å². The third kappa shape index (κ3) is 6.59. The highest BCUT2D eigenvalue weighted by molar-refractivity contribution is 14.1. The lowest BCUT2D eigenvalue weighted by Gasteiger charge is -2.08. The van der Waals surface area contributed by atoms with Gasteiger partial charge in [-0.3, -0.25) is 4.79 Å². The number of unbranched alkanes of at least 4 members (excludes halogenated alkanes) is 3. The van der Waals surface area contributed by atoms with Gasteiger partial charge in [0.2, 0.25) is 0 Å². The van der Waals surface area contributed by atoms with Crippen molar-refractivity contribution < 1.29 is 9.90 Å². The molecule has 0 saturated carbocycles. The van der Waals surface area contributed by atoms with Crippen molar-refractivity contribution in [1.29, 1.82) is 0 Å². The predicted molar refractivity (Wildman–Crippen MR) is 91.1 cm³/mol. The maximum atomic E-state index is 11.9. The van der Waals surface area contributed by atoms with Gasteiger partial charge in [-0.15, -0.1) is 0 Å². The average Bonchev–Trinajstić information content (AvgIpc) is 2.39. The molecule has 0 atom stereocenters. The average molecular weight is 389 g/mol. The third-order valence-corrected chi connectivity index (χ3v) is 3.87. The molecule has 1 aromatic carbocycles. The van der Waals surface area contributed by atoms with Crippen molar-refractivity contribution in [3.05, 3.63) is 27.3 Å². The highest BCUT2D eigenvalue weighted by atomic mass is 127. The highest BCUT2D eigenvalue weighted by Gasteiger charge is 2.10. The first-order valence-electron chi connectivity index (χ1n) is 7.27. The maximum absolute atomic E-state index is 11.9. The van der Waals surface area contributed by atoms with Crippen LogP contribution >= 0.6 is 22.6 Å². The second kappa shape index (κ2) is 9.21. The molecule has 1 aromatic rings. The minimum atomic E-state index is -0.191. The van der Waals surface area contributed by atoms with Gasteiger partial charge in [-0.05, 0) is 53.1 Å². The summed E-state index contributed by atoms with van der Waals surface area (Å²) in [7, 11) is 0. The Hall–Kier alpha value is -0.780. The van der Waals surface area contributed by atoms with Crippen molar-refractivity contribution in [1.82, 2.24) is 5.32 Å². The summed E-state index contributed by atoms with van der Waals surface area (Å²) in [5.74, 6) is 0.626. The number of hydrogen-bond donors (Lipinski definition) is 2. The van der Waals surface area contributed by atoms with Crippen LogP contribution in [-0.2, 0) is 0 Å². The van der Waals surface area contributed by atoms with Gasteiger partial charge in [0, 0.05) is 10.1 Å². The Labute approximate surface area is 135 Å². The zero-order valence-corrected chi connectivity index (χ0v) is 14.4. The number of benzene rings is 1. The van der Waals surface area contributed by atoms with Crippen molar-refractivity contribution in [2.75, 3.05) is 6.54 Å². The summed E-state index contributed by atoms with van der Waals surface area (Å²) in [5.41, 5.74) is 0.358. The van der Waals surface area contributed by atoms with E-state index >= 15 is 0 Å². The summed E-state index contributed by atoms with van der Waals surface area (Å²) >= 11 is 2.13. The number of nitrogens with one attached hydrogen (secondary N) is 1. The molecule has 0 radical (unpaired) electrons. The summed E-state index contributed by atoms with van der Waals surface area (Å²) in [5, 5.41) is 12.5. The van der Waals surface area contributed by atoms with Gasteiger partial charge in [0.25, 0.3) is 5.91 Å². The van der Waals surface area contributed by atoms with Crippen molar-refractivity contribution in [3.63, 3.8) is 0 Å². The molecule has 1 amide bonds. The zero-order valence-electron chi connectivity index (χ0n) is 12.3. The normalized spacial score (nSPS) is 10.8. The van der Waals surface area contributed by atoms with Crippen LogP contribution in [0.1, 0.15) is 56.3 Å². The molecule has 0 aliphatic heterocycles. The number of carbonyl (C=O) groups is 1. The fourth-order valence-electron chi connectivity index (χ4n) is 2.02. The van der Waals surface area contributed by atoms with E-state index in [0.717, 1.165) is 22.3 Å². The predicted octanol–water partition coefficient (Wildman–Crippen LogP) is 4.33. The van der Waals surface area contributed by atoms with Crippen molar-refractivity contribution in [2.45, 2.75) is 46.0 Å². The van der Waals surface area contributed by atoms with Crippen molar-refractivity contribution >= 4 is 28.5 Å². The number of rotatable bonds is 8. The molecule has 4 heteroatoms. The van der Waals surface area contributed by atoms with Crippen molar-refractivity contribution in [2.24, 2.45) is 5.92 Å². The quantitative estimate of drug-likeness (QED) is 0.514. The number of halogens is 1. The van der Waals surface area contributed by atoms with Crippen LogP contribution in [0.4, 0.5) is 0 Å². The molecule has 1 rings (SSSR count). The van der Waals surface area contributed by atoms with E-state index in [9.17, 15) is 9.90 Å². The molecule has 112 valence electrons. The molecule has 0 aliphatic carbocycles. The minimum Gasteiger partial charge on any atom is -0.507 e. The van der Waals surface area contributed by atoms with Gasteiger partial charge < -0.3 is 10.4 Å². The van der Waals surface area contributed by atoms with Crippen LogP contribution in [0, 0.1) is 9.49 Å². The number of carbonyl (C=O) groups excluding carboxylic acids is 1. The highest BCUT2D eigenvalue weighted by Crippen LogP contribution is 2.19. The van der Waals surface area contributed by atoms with Gasteiger partial charge >= 0.3 is 0 Å². The third-order valence-electron chi connectivity index (χ3n) is 3.20. The summed E-state index contributed by atoms with van der Waals surface area (Å²) < 4.78 is 0.944. The topological polar surface area (TPSA) is 49.3 Å². The Morgan fingerprint density at radius 1 is 1.25 bits per heavy atom. The Morgan fingerprint density at radius 2 is 1.95 bits per heavy atom. The molecule has 0 unspecified atom stereocenters. The number of phenols is 1. The monoisotopic (exact) mass is 389 g/mol. The standard InChI is InChI=1S/C16H24INO2/c1-12(2)7-5-3-4-6-10-18-16(20)14-11-13(17)8-9-15(14)19/h8-9,11-12,19H,3-7,10H2,1-2H3,(H,18,20).